The highest BCUT2D eigenvalue weighted by Crippen LogP contribution is 2.28. The van der Waals surface area contributed by atoms with Gasteiger partial charge in [0, 0.05) is 25.8 Å². The van der Waals surface area contributed by atoms with Crippen LogP contribution in [0.25, 0.3) is 0 Å². The fraction of sp³-hybridized carbons (Fsp3) is 0.267. The molecule has 0 bridgehead atoms. The smallest absolute Gasteiger partial charge is 0.366 e. The van der Waals surface area contributed by atoms with Crippen molar-refractivity contribution >= 4 is 5.82 Å². The van der Waals surface area contributed by atoms with Crippen LogP contribution in [0, 0.1) is 0 Å². The van der Waals surface area contributed by atoms with E-state index in [1.54, 1.807) is 0 Å². The van der Waals surface area contributed by atoms with Crippen molar-refractivity contribution < 1.29 is 13.2 Å². The SMILES string of the molecule is FC(F)(F)c1ccc(NCc2ccc3c(c2)CNC3)nc1. The number of pyridine rings is 1. The Labute approximate surface area is 120 Å². The van der Waals surface area contributed by atoms with Crippen molar-refractivity contribution in [2.24, 2.45) is 0 Å². The fourth-order valence-electron chi connectivity index (χ4n) is 2.32. The largest absolute Gasteiger partial charge is 0.417 e. The number of hydrogen-bond donors (Lipinski definition) is 2. The number of alkyl halides is 3. The van der Waals surface area contributed by atoms with E-state index in [0.29, 0.717) is 12.4 Å². The summed E-state index contributed by atoms with van der Waals surface area (Å²) in [7, 11) is 0. The first-order valence-electron chi connectivity index (χ1n) is 6.61. The third-order valence-electron chi connectivity index (χ3n) is 3.47. The zero-order valence-electron chi connectivity index (χ0n) is 11.2. The lowest BCUT2D eigenvalue weighted by Gasteiger charge is -2.09. The number of rotatable bonds is 3. The zero-order valence-corrected chi connectivity index (χ0v) is 11.2. The molecule has 2 aromatic rings. The van der Waals surface area contributed by atoms with Crippen molar-refractivity contribution in [3.63, 3.8) is 0 Å². The molecule has 0 saturated carbocycles. The van der Waals surface area contributed by atoms with Crippen molar-refractivity contribution in [2.45, 2.75) is 25.8 Å². The van der Waals surface area contributed by atoms with Gasteiger partial charge in [0.15, 0.2) is 0 Å². The molecule has 3 nitrogen and oxygen atoms in total. The Morgan fingerprint density at radius 3 is 2.62 bits per heavy atom. The van der Waals surface area contributed by atoms with Crippen molar-refractivity contribution in [1.29, 1.82) is 0 Å². The molecule has 1 aromatic carbocycles. The van der Waals surface area contributed by atoms with Gasteiger partial charge in [-0.1, -0.05) is 18.2 Å². The quantitative estimate of drug-likeness (QED) is 0.911. The first kappa shape index (κ1) is 13.9. The van der Waals surface area contributed by atoms with Crippen molar-refractivity contribution in [2.75, 3.05) is 5.32 Å². The second-order valence-electron chi connectivity index (χ2n) is 4.99. The Kier molecular flexibility index (Phi) is 3.55. The molecular weight excluding hydrogens is 279 g/mol. The van der Waals surface area contributed by atoms with Crippen LogP contribution in [0.1, 0.15) is 22.3 Å². The van der Waals surface area contributed by atoms with Gasteiger partial charge in [-0.2, -0.15) is 13.2 Å². The molecule has 21 heavy (non-hydrogen) atoms. The van der Waals surface area contributed by atoms with Gasteiger partial charge in [-0.05, 0) is 28.8 Å². The molecule has 2 N–H and O–H groups in total. The Morgan fingerprint density at radius 2 is 1.90 bits per heavy atom. The van der Waals surface area contributed by atoms with Crippen molar-refractivity contribution in [1.82, 2.24) is 10.3 Å². The molecule has 0 spiro atoms. The summed E-state index contributed by atoms with van der Waals surface area (Å²) in [4.78, 5) is 3.79. The minimum atomic E-state index is -4.35. The van der Waals surface area contributed by atoms with Gasteiger partial charge in [-0.3, -0.25) is 0 Å². The number of nitrogens with zero attached hydrogens (tertiary/aromatic N) is 1. The van der Waals surface area contributed by atoms with Gasteiger partial charge >= 0.3 is 6.18 Å². The molecular formula is C15H14F3N3. The molecule has 0 amide bonds. The lowest BCUT2D eigenvalue weighted by molar-refractivity contribution is -0.137. The van der Waals surface area contributed by atoms with E-state index in [-0.39, 0.29) is 0 Å². The maximum atomic E-state index is 12.4. The third-order valence-corrected chi connectivity index (χ3v) is 3.47. The normalized spacial score (nSPS) is 14.0. The summed E-state index contributed by atoms with van der Waals surface area (Å²) in [6, 6.07) is 8.57. The third kappa shape index (κ3) is 3.16. The van der Waals surface area contributed by atoms with Gasteiger partial charge in [0.25, 0.3) is 0 Å². The predicted molar refractivity (Wildman–Crippen MR) is 73.6 cm³/mol. The van der Waals surface area contributed by atoms with Crippen LogP contribution in [-0.4, -0.2) is 4.98 Å². The molecule has 1 aliphatic heterocycles. The Balaban J connectivity index is 1.65. The summed E-state index contributed by atoms with van der Waals surface area (Å²) < 4.78 is 37.3. The highest BCUT2D eigenvalue weighted by atomic mass is 19.4. The van der Waals surface area contributed by atoms with Gasteiger partial charge in [-0.25, -0.2) is 4.98 Å². The maximum absolute atomic E-state index is 12.4. The van der Waals surface area contributed by atoms with Crippen LogP contribution in [-0.2, 0) is 25.8 Å². The summed E-state index contributed by atoms with van der Waals surface area (Å²) in [5.41, 5.74) is 2.91. The molecule has 0 radical (unpaired) electrons. The Hall–Kier alpha value is -2.08. The lowest BCUT2D eigenvalue weighted by atomic mass is 10.1. The second kappa shape index (κ2) is 5.37. The number of fused-ring (bicyclic) bond motifs is 1. The molecule has 0 saturated heterocycles. The maximum Gasteiger partial charge on any atom is 0.417 e. The molecule has 1 aliphatic rings. The predicted octanol–water partition coefficient (Wildman–Crippen LogP) is 3.32. The van der Waals surface area contributed by atoms with Gasteiger partial charge in [0.1, 0.15) is 5.82 Å². The number of halogens is 3. The number of anilines is 1. The summed E-state index contributed by atoms with van der Waals surface area (Å²) in [6.45, 7) is 2.29. The van der Waals surface area contributed by atoms with Crippen molar-refractivity contribution in [3.8, 4) is 0 Å². The average molecular weight is 293 g/mol. The fourth-order valence-corrected chi connectivity index (χ4v) is 2.32. The average Bonchev–Trinajstić information content (AvgIpc) is 2.92. The lowest BCUT2D eigenvalue weighted by Crippen LogP contribution is -2.07. The summed E-state index contributed by atoms with van der Waals surface area (Å²) in [5.74, 6) is 0.432. The minimum absolute atomic E-state index is 0.432. The van der Waals surface area contributed by atoms with Crippen LogP contribution in [0.2, 0.25) is 0 Å². The van der Waals surface area contributed by atoms with E-state index in [2.05, 4.69) is 27.8 Å². The van der Waals surface area contributed by atoms with E-state index in [0.717, 1.165) is 30.9 Å². The first-order valence-corrected chi connectivity index (χ1v) is 6.61. The van der Waals surface area contributed by atoms with Gasteiger partial charge in [-0.15, -0.1) is 0 Å². The van der Waals surface area contributed by atoms with Gasteiger partial charge in [0.2, 0.25) is 0 Å². The Morgan fingerprint density at radius 1 is 1.10 bits per heavy atom. The van der Waals surface area contributed by atoms with Crippen LogP contribution in [0.5, 0.6) is 0 Å². The van der Waals surface area contributed by atoms with E-state index < -0.39 is 11.7 Å². The van der Waals surface area contributed by atoms with E-state index >= 15 is 0 Å². The highest BCUT2D eigenvalue weighted by molar-refractivity contribution is 5.39. The standard InChI is InChI=1S/C15H14F3N3/c16-15(17,18)13-3-4-14(21-9-13)20-6-10-1-2-11-7-19-8-12(11)5-10/h1-5,9,19H,6-8H2,(H,20,21). The number of aromatic nitrogens is 1. The van der Waals surface area contributed by atoms with E-state index in [1.165, 1.54) is 17.2 Å². The van der Waals surface area contributed by atoms with E-state index in [1.807, 2.05) is 6.07 Å². The minimum Gasteiger partial charge on any atom is -0.366 e. The molecule has 0 unspecified atom stereocenters. The summed E-state index contributed by atoms with van der Waals surface area (Å²) >= 11 is 0. The first-order chi connectivity index (χ1) is 10.0. The van der Waals surface area contributed by atoms with E-state index in [4.69, 9.17) is 0 Å². The second-order valence-corrected chi connectivity index (χ2v) is 4.99. The Bertz CT molecular complexity index is 636. The molecule has 3 rings (SSSR count). The molecule has 6 heteroatoms. The topological polar surface area (TPSA) is 37.0 Å². The van der Waals surface area contributed by atoms with Gasteiger partial charge in [0.05, 0.1) is 5.56 Å². The molecule has 110 valence electrons. The van der Waals surface area contributed by atoms with Gasteiger partial charge < -0.3 is 10.6 Å². The zero-order chi connectivity index (χ0) is 14.9. The highest BCUT2D eigenvalue weighted by Gasteiger charge is 2.30. The van der Waals surface area contributed by atoms with Crippen LogP contribution >= 0.6 is 0 Å². The number of hydrogen-bond acceptors (Lipinski definition) is 3. The number of benzene rings is 1. The van der Waals surface area contributed by atoms with Crippen LogP contribution in [0.4, 0.5) is 19.0 Å². The molecule has 1 aromatic heterocycles. The van der Waals surface area contributed by atoms with Crippen LogP contribution < -0.4 is 10.6 Å². The van der Waals surface area contributed by atoms with Crippen LogP contribution in [0.3, 0.4) is 0 Å². The molecule has 0 atom stereocenters. The molecule has 2 heterocycles. The molecule has 0 aliphatic carbocycles. The molecule has 0 fully saturated rings. The van der Waals surface area contributed by atoms with Crippen LogP contribution in [0.15, 0.2) is 36.5 Å². The van der Waals surface area contributed by atoms with Crippen molar-refractivity contribution in [3.05, 3.63) is 58.8 Å². The number of nitrogens with one attached hydrogen (secondary N) is 2. The van der Waals surface area contributed by atoms with E-state index in [9.17, 15) is 13.2 Å². The summed E-state index contributed by atoms with van der Waals surface area (Å²) in [5, 5.41) is 6.30. The monoisotopic (exact) mass is 293 g/mol. The summed E-state index contributed by atoms with van der Waals surface area (Å²) in [6.07, 6.45) is -3.51.